The highest BCUT2D eigenvalue weighted by Gasteiger charge is 2.28. The monoisotopic (exact) mass is 460 g/mol. The summed E-state index contributed by atoms with van der Waals surface area (Å²) in [6, 6.07) is 9.60. The van der Waals surface area contributed by atoms with E-state index in [1.165, 1.54) is 18.2 Å². The Balaban J connectivity index is 1.85. The first kappa shape index (κ1) is 22.0. The van der Waals surface area contributed by atoms with Gasteiger partial charge in [-0.2, -0.15) is 0 Å². The van der Waals surface area contributed by atoms with Crippen molar-refractivity contribution in [2.45, 2.75) is 30.6 Å². The Morgan fingerprint density at radius 3 is 2.41 bits per heavy atom. The summed E-state index contributed by atoms with van der Waals surface area (Å²) in [5.74, 6) is -0.925. The van der Waals surface area contributed by atoms with E-state index in [0.29, 0.717) is 29.2 Å². The van der Waals surface area contributed by atoms with Gasteiger partial charge in [0.05, 0.1) is 0 Å². The van der Waals surface area contributed by atoms with Gasteiger partial charge < -0.3 is 15.5 Å². The van der Waals surface area contributed by atoms with Gasteiger partial charge in [-0.1, -0.05) is 11.2 Å². The van der Waals surface area contributed by atoms with E-state index in [4.69, 9.17) is 10.9 Å². The zero-order valence-electron chi connectivity index (χ0n) is 17.0. The number of nitrogens with zero attached hydrogens (tertiary/aromatic N) is 2. The summed E-state index contributed by atoms with van der Waals surface area (Å²) in [5, 5.41) is 17.5. The highest BCUT2D eigenvalue weighted by Crippen LogP contribution is 2.36. The summed E-state index contributed by atoms with van der Waals surface area (Å²) < 4.78 is 52.8. The van der Waals surface area contributed by atoms with Crippen LogP contribution in [0.5, 0.6) is 0 Å². The van der Waals surface area contributed by atoms with Gasteiger partial charge in [0, 0.05) is 29.6 Å². The first-order valence-electron chi connectivity index (χ1n) is 9.95. The number of rotatable bonds is 7. The highest BCUT2D eigenvalue weighted by atomic mass is 32.2. The van der Waals surface area contributed by atoms with E-state index in [0.717, 1.165) is 36.2 Å². The Morgan fingerprint density at radius 2 is 1.84 bits per heavy atom. The maximum Gasteiger partial charge on any atom is 0.240 e. The van der Waals surface area contributed by atoms with E-state index in [1.54, 1.807) is 22.9 Å². The first-order valence-corrected chi connectivity index (χ1v) is 11.5. The molecule has 2 aromatic carbocycles. The van der Waals surface area contributed by atoms with Gasteiger partial charge in [0.15, 0.2) is 5.84 Å². The van der Waals surface area contributed by atoms with Crippen LogP contribution >= 0.6 is 0 Å². The van der Waals surface area contributed by atoms with Gasteiger partial charge in [-0.3, -0.25) is 0 Å². The van der Waals surface area contributed by atoms with Crippen LogP contribution in [0.25, 0.3) is 5.69 Å². The van der Waals surface area contributed by atoms with Crippen LogP contribution in [0.2, 0.25) is 0 Å². The fraction of sp³-hybridized carbons (Fsp3) is 0.227. The number of hydrogen-bond acceptors (Lipinski definition) is 4. The number of amidine groups is 1. The number of benzene rings is 2. The fourth-order valence-corrected chi connectivity index (χ4v) is 4.39. The number of aromatic nitrogens is 1. The SMILES string of the molecule is N/C(=N\O)c1cn(-c2ccc(F)cc2)c(Cc2ccc(S(N)(=O)=O)c(F)c2)c1CC1CC1. The Hall–Kier alpha value is -3.24. The van der Waals surface area contributed by atoms with Gasteiger partial charge in [-0.15, -0.1) is 0 Å². The van der Waals surface area contributed by atoms with Crippen molar-refractivity contribution in [3.8, 4) is 5.69 Å². The average Bonchev–Trinajstić information content (AvgIpc) is 3.49. The predicted molar refractivity (Wildman–Crippen MR) is 115 cm³/mol. The van der Waals surface area contributed by atoms with Crippen molar-refractivity contribution < 1.29 is 22.4 Å². The van der Waals surface area contributed by atoms with Crippen LogP contribution in [0.4, 0.5) is 8.78 Å². The lowest BCUT2D eigenvalue weighted by atomic mass is 9.99. The van der Waals surface area contributed by atoms with E-state index in [2.05, 4.69) is 5.16 Å². The molecule has 168 valence electrons. The van der Waals surface area contributed by atoms with Crippen molar-refractivity contribution in [2.75, 3.05) is 0 Å². The molecule has 0 atom stereocenters. The minimum Gasteiger partial charge on any atom is -0.409 e. The average molecular weight is 461 g/mol. The number of oxime groups is 1. The van der Waals surface area contributed by atoms with Gasteiger partial charge in [0.1, 0.15) is 16.5 Å². The second-order valence-corrected chi connectivity index (χ2v) is 9.46. The lowest BCUT2D eigenvalue weighted by molar-refractivity contribution is 0.318. The molecule has 0 saturated heterocycles. The normalized spacial score (nSPS) is 14.7. The van der Waals surface area contributed by atoms with Crippen LogP contribution in [0.1, 0.15) is 35.2 Å². The number of sulfonamides is 1. The van der Waals surface area contributed by atoms with Gasteiger partial charge in [-0.25, -0.2) is 22.3 Å². The number of primary sulfonamides is 1. The van der Waals surface area contributed by atoms with Gasteiger partial charge in [0.25, 0.3) is 0 Å². The fourth-order valence-electron chi connectivity index (χ4n) is 3.80. The summed E-state index contributed by atoms with van der Waals surface area (Å²) in [6.07, 6.45) is 4.76. The molecule has 1 aliphatic carbocycles. The van der Waals surface area contributed by atoms with Crippen molar-refractivity contribution in [3.05, 3.63) is 82.7 Å². The summed E-state index contributed by atoms with van der Waals surface area (Å²) in [5.41, 5.74) is 9.26. The summed E-state index contributed by atoms with van der Waals surface area (Å²) in [6.45, 7) is 0. The molecule has 1 aliphatic rings. The molecular weight excluding hydrogens is 438 g/mol. The molecule has 0 amide bonds. The molecule has 1 saturated carbocycles. The Labute approximate surface area is 184 Å². The third-order valence-electron chi connectivity index (χ3n) is 5.58. The van der Waals surface area contributed by atoms with E-state index in [-0.39, 0.29) is 12.3 Å². The van der Waals surface area contributed by atoms with E-state index in [1.807, 2.05) is 0 Å². The lowest BCUT2D eigenvalue weighted by Gasteiger charge is -2.13. The predicted octanol–water partition coefficient (Wildman–Crippen LogP) is 3.04. The van der Waals surface area contributed by atoms with Crippen LogP contribution in [0.15, 0.2) is 58.7 Å². The van der Waals surface area contributed by atoms with Crippen LogP contribution in [0, 0.1) is 17.6 Å². The minimum atomic E-state index is -4.18. The summed E-state index contributed by atoms with van der Waals surface area (Å²) >= 11 is 0. The maximum atomic E-state index is 14.4. The van der Waals surface area contributed by atoms with E-state index >= 15 is 0 Å². The molecule has 32 heavy (non-hydrogen) atoms. The van der Waals surface area contributed by atoms with Crippen LogP contribution in [-0.4, -0.2) is 24.0 Å². The molecule has 0 aliphatic heterocycles. The van der Waals surface area contributed by atoms with Crippen molar-refractivity contribution in [1.29, 1.82) is 0 Å². The highest BCUT2D eigenvalue weighted by molar-refractivity contribution is 7.89. The van der Waals surface area contributed by atoms with Crippen LogP contribution in [0.3, 0.4) is 0 Å². The van der Waals surface area contributed by atoms with Gasteiger partial charge in [0.2, 0.25) is 10.0 Å². The third kappa shape index (κ3) is 4.51. The van der Waals surface area contributed by atoms with E-state index in [9.17, 15) is 22.4 Å². The van der Waals surface area contributed by atoms with Gasteiger partial charge >= 0.3 is 0 Å². The molecule has 0 bridgehead atoms. The molecule has 0 spiro atoms. The molecule has 4 rings (SSSR count). The minimum absolute atomic E-state index is 0.0569. The molecule has 7 nitrogen and oxygen atoms in total. The van der Waals surface area contributed by atoms with Crippen molar-refractivity contribution in [1.82, 2.24) is 4.57 Å². The zero-order chi connectivity index (χ0) is 23.0. The first-order chi connectivity index (χ1) is 15.2. The number of nitrogens with two attached hydrogens (primary N) is 2. The molecule has 1 fully saturated rings. The quantitative estimate of drug-likeness (QED) is 0.217. The third-order valence-corrected chi connectivity index (χ3v) is 6.52. The second-order valence-electron chi connectivity index (χ2n) is 7.93. The van der Waals surface area contributed by atoms with Crippen molar-refractivity contribution in [3.63, 3.8) is 0 Å². The summed E-state index contributed by atoms with van der Waals surface area (Å²) in [7, 11) is -4.18. The van der Waals surface area contributed by atoms with E-state index < -0.39 is 26.6 Å². The van der Waals surface area contributed by atoms with Crippen molar-refractivity contribution in [2.24, 2.45) is 21.9 Å². The molecule has 10 heteroatoms. The van der Waals surface area contributed by atoms with Crippen LogP contribution in [-0.2, 0) is 22.9 Å². The molecular formula is C22H22F2N4O3S. The van der Waals surface area contributed by atoms with Crippen LogP contribution < -0.4 is 10.9 Å². The zero-order valence-corrected chi connectivity index (χ0v) is 17.8. The Bertz CT molecular complexity index is 1300. The molecule has 1 aromatic heterocycles. The maximum absolute atomic E-state index is 14.4. The lowest BCUT2D eigenvalue weighted by Crippen LogP contribution is -2.15. The molecule has 0 radical (unpaired) electrons. The number of hydrogen-bond donors (Lipinski definition) is 3. The Morgan fingerprint density at radius 1 is 1.16 bits per heavy atom. The Kier molecular flexibility index (Phi) is 5.74. The van der Waals surface area contributed by atoms with Gasteiger partial charge in [-0.05, 0) is 72.7 Å². The molecule has 3 aromatic rings. The molecule has 5 N–H and O–H groups in total. The largest absolute Gasteiger partial charge is 0.409 e. The summed E-state index contributed by atoms with van der Waals surface area (Å²) in [4.78, 5) is -0.578. The molecule has 0 unspecified atom stereocenters. The topological polar surface area (TPSA) is 124 Å². The second kappa shape index (κ2) is 8.36. The molecule has 1 heterocycles. The standard InChI is InChI=1S/C22H22F2N4O3S/c23-15-4-6-16(7-5-15)28-12-18(22(25)27-29)17(9-13-1-2-13)20(28)11-14-3-8-21(19(24)10-14)32(26,30)31/h3-8,10,12-13,29H,1-2,9,11H2,(H2,25,27)(H2,26,30,31). The number of halogens is 2. The smallest absolute Gasteiger partial charge is 0.240 e. The van der Waals surface area contributed by atoms with Crippen molar-refractivity contribution >= 4 is 15.9 Å².